The summed E-state index contributed by atoms with van der Waals surface area (Å²) in [5, 5.41) is 27.0. The molecule has 0 unspecified atom stereocenters. The zero-order valence-corrected chi connectivity index (χ0v) is 8.09. The molecular weight excluding hydrogens is 196 g/mol. The maximum Gasteiger partial charge on any atom is 0.184 e. The highest BCUT2D eigenvalue weighted by Gasteiger charge is 2.42. The number of rotatable bonds is 2. The van der Waals surface area contributed by atoms with Crippen molar-refractivity contribution in [2.75, 3.05) is 13.7 Å². The van der Waals surface area contributed by atoms with Gasteiger partial charge in [0.25, 0.3) is 0 Å². The van der Waals surface area contributed by atoms with Gasteiger partial charge < -0.3 is 24.8 Å². The molecule has 0 aromatic carbocycles. The summed E-state index contributed by atoms with van der Waals surface area (Å²) in [5.74, 6) is 0. The molecule has 0 radical (unpaired) electrons. The van der Waals surface area contributed by atoms with Crippen molar-refractivity contribution in [2.24, 2.45) is 0 Å². The molecule has 0 bridgehead atoms. The van der Waals surface area contributed by atoms with E-state index in [1.54, 1.807) is 0 Å². The fourth-order valence-electron chi connectivity index (χ4n) is 1.26. The van der Waals surface area contributed by atoms with Crippen LogP contribution in [0.25, 0.3) is 0 Å². The van der Waals surface area contributed by atoms with Gasteiger partial charge in [0.05, 0.1) is 18.0 Å². The van der Waals surface area contributed by atoms with Gasteiger partial charge in [0, 0.05) is 7.11 Å². The summed E-state index contributed by atoms with van der Waals surface area (Å²) < 4.78 is 9.87. The van der Waals surface area contributed by atoms with Crippen molar-refractivity contribution in [3.63, 3.8) is 0 Å². The fourth-order valence-corrected chi connectivity index (χ4v) is 1.59. The molecule has 1 aliphatic rings. The minimum absolute atomic E-state index is 0.329. The molecule has 6 heteroatoms. The van der Waals surface area contributed by atoms with E-state index in [2.05, 4.69) is 12.6 Å². The lowest BCUT2D eigenvalue weighted by Crippen LogP contribution is -2.56. The van der Waals surface area contributed by atoms with Crippen molar-refractivity contribution in [3.8, 4) is 0 Å². The fraction of sp³-hybridized carbons (Fsp3) is 1.00. The largest absolute Gasteiger partial charge is 0.394 e. The van der Waals surface area contributed by atoms with Crippen molar-refractivity contribution in [1.29, 1.82) is 0 Å². The Morgan fingerprint density at radius 3 is 2.46 bits per heavy atom. The van der Waals surface area contributed by atoms with E-state index in [-0.39, 0.29) is 6.61 Å². The molecule has 0 spiro atoms. The van der Waals surface area contributed by atoms with Crippen LogP contribution in [0, 0.1) is 0 Å². The minimum Gasteiger partial charge on any atom is -0.394 e. The molecule has 78 valence electrons. The number of ether oxygens (including phenoxy) is 2. The van der Waals surface area contributed by atoms with Gasteiger partial charge in [-0.05, 0) is 0 Å². The van der Waals surface area contributed by atoms with E-state index < -0.39 is 29.9 Å². The summed E-state index contributed by atoms with van der Waals surface area (Å²) in [6.45, 7) is -0.329. The van der Waals surface area contributed by atoms with Gasteiger partial charge in [0.1, 0.15) is 12.2 Å². The van der Waals surface area contributed by atoms with Gasteiger partial charge in [-0.25, -0.2) is 0 Å². The van der Waals surface area contributed by atoms with Gasteiger partial charge in [-0.1, -0.05) is 0 Å². The second kappa shape index (κ2) is 4.59. The smallest absolute Gasteiger partial charge is 0.184 e. The van der Waals surface area contributed by atoms with Gasteiger partial charge in [-0.3, -0.25) is 0 Å². The highest BCUT2D eigenvalue weighted by Crippen LogP contribution is 2.24. The Labute approximate surface area is 81.7 Å². The molecule has 1 aliphatic heterocycles. The molecular formula is C7H14O5S. The van der Waals surface area contributed by atoms with Crippen molar-refractivity contribution >= 4 is 12.6 Å². The SMILES string of the molecule is CO[C@@H]1O[C@H](CO)[C@@H](O)[C@@H](S)[C@H]1O. The maximum atomic E-state index is 9.45. The van der Waals surface area contributed by atoms with E-state index >= 15 is 0 Å². The number of thiol groups is 1. The number of hydrogen-bond donors (Lipinski definition) is 4. The van der Waals surface area contributed by atoms with Gasteiger partial charge in [-0.15, -0.1) is 0 Å². The van der Waals surface area contributed by atoms with Crippen LogP contribution in [0.1, 0.15) is 0 Å². The monoisotopic (exact) mass is 210 g/mol. The first-order valence-electron chi connectivity index (χ1n) is 3.95. The molecule has 0 amide bonds. The summed E-state index contributed by atoms with van der Waals surface area (Å²) in [6, 6.07) is 0. The first-order valence-corrected chi connectivity index (χ1v) is 4.46. The molecule has 1 rings (SSSR count). The molecule has 0 aliphatic carbocycles. The van der Waals surface area contributed by atoms with Crippen molar-refractivity contribution in [2.45, 2.75) is 29.9 Å². The average Bonchev–Trinajstić information content (AvgIpc) is 2.15. The quantitative estimate of drug-likeness (QED) is 0.412. The van der Waals surface area contributed by atoms with E-state index in [9.17, 15) is 10.2 Å². The minimum atomic E-state index is -0.994. The number of aliphatic hydroxyl groups excluding tert-OH is 3. The first kappa shape index (κ1) is 11.2. The van der Waals surface area contributed by atoms with Crippen LogP contribution in [0.15, 0.2) is 0 Å². The van der Waals surface area contributed by atoms with Crippen LogP contribution in [0.3, 0.4) is 0 Å². The third kappa shape index (κ3) is 2.15. The molecule has 5 atom stereocenters. The third-order valence-electron chi connectivity index (χ3n) is 2.08. The van der Waals surface area contributed by atoms with Gasteiger partial charge in [-0.2, -0.15) is 12.6 Å². The van der Waals surface area contributed by atoms with Crippen molar-refractivity contribution in [1.82, 2.24) is 0 Å². The van der Waals surface area contributed by atoms with Crippen LogP contribution in [0.2, 0.25) is 0 Å². The lowest BCUT2D eigenvalue weighted by Gasteiger charge is -2.39. The van der Waals surface area contributed by atoms with E-state index in [1.165, 1.54) is 7.11 Å². The summed E-state index contributed by atoms with van der Waals surface area (Å²) in [5.41, 5.74) is 0. The second-order valence-corrected chi connectivity index (χ2v) is 3.53. The highest BCUT2D eigenvalue weighted by atomic mass is 32.1. The van der Waals surface area contributed by atoms with Crippen LogP contribution < -0.4 is 0 Å². The third-order valence-corrected chi connectivity index (χ3v) is 2.69. The zero-order chi connectivity index (χ0) is 10.0. The molecule has 0 aromatic heterocycles. The van der Waals surface area contributed by atoms with E-state index in [4.69, 9.17) is 14.6 Å². The average molecular weight is 210 g/mol. The Hall–Kier alpha value is 0.150. The van der Waals surface area contributed by atoms with Gasteiger partial charge in [0.15, 0.2) is 6.29 Å². The van der Waals surface area contributed by atoms with E-state index in [0.717, 1.165) is 0 Å². The van der Waals surface area contributed by atoms with Crippen molar-refractivity contribution < 1.29 is 24.8 Å². The van der Waals surface area contributed by atoms with E-state index in [1.807, 2.05) is 0 Å². The van der Waals surface area contributed by atoms with Crippen LogP contribution in [0.5, 0.6) is 0 Å². The predicted octanol–water partition coefficient (Wildman–Crippen LogP) is -1.63. The van der Waals surface area contributed by atoms with E-state index in [0.29, 0.717) is 0 Å². The number of hydrogen-bond acceptors (Lipinski definition) is 6. The Kier molecular flexibility index (Phi) is 3.96. The normalized spacial score (nSPS) is 46.4. The number of methoxy groups -OCH3 is 1. The topological polar surface area (TPSA) is 79.2 Å². The summed E-state index contributed by atoms with van der Waals surface area (Å²) >= 11 is 4.01. The Bertz CT molecular complexity index is 147. The molecule has 1 heterocycles. The summed E-state index contributed by atoms with van der Waals surface area (Å²) in [7, 11) is 1.38. The second-order valence-electron chi connectivity index (χ2n) is 2.93. The summed E-state index contributed by atoms with van der Waals surface area (Å²) in [6.07, 6.45) is -3.58. The van der Waals surface area contributed by atoms with Crippen LogP contribution in [-0.2, 0) is 9.47 Å². The van der Waals surface area contributed by atoms with Gasteiger partial charge in [0.2, 0.25) is 0 Å². The Morgan fingerprint density at radius 1 is 1.38 bits per heavy atom. The van der Waals surface area contributed by atoms with Crippen LogP contribution >= 0.6 is 12.6 Å². The lowest BCUT2D eigenvalue weighted by atomic mass is 10.0. The molecule has 5 nitrogen and oxygen atoms in total. The summed E-state index contributed by atoms with van der Waals surface area (Å²) in [4.78, 5) is 0. The first-order chi connectivity index (χ1) is 6.11. The maximum absolute atomic E-state index is 9.45. The molecule has 1 saturated heterocycles. The van der Waals surface area contributed by atoms with Gasteiger partial charge >= 0.3 is 0 Å². The molecule has 0 aromatic rings. The molecule has 13 heavy (non-hydrogen) atoms. The predicted molar refractivity (Wildman–Crippen MR) is 47.5 cm³/mol. The van der Waals surface area contributed by atoms with Crippen LogP contribution in [-0.4, -0.2) is 58.9 Å². The Morgan fingerprint density at radius 2 is 2.00 bits per heavy atom. The van der Waals surface area contributed by atoms with Crippen molar-refractivity contribution in [3.05, 3.63) is 0 Å². The van der Waals surface area contributed by atoms with Crippen LogP contribution in [0.4, 0.5) is 0 Å². The highest BCUT2D eigenvalue weighted by molar-refractivity contribution is 7.81. The molecule has 0 saturated carbocycles. The number of aliphatic hydroxyl groups is 3. The molecule has 1 fully saturated rings. The molecule has 3 N–H and O–H groups in total. The zero-order valence-electron chi connectivity index (χ0n) is 7.20. The standard InChI is InChI=1S/C7H14O5S/c1-11-7-5(10)6(13)4(9)3(2-8)12-7/h3-10,13H,2H2,1H3/t3-,4-,5-,6-,7-/m1/s1. The lowest BCUT2D eigenvalue weighted by molar-refractivity contribution is -0.258. The Balaban J connectivity index is 2.66.